The highest BCUT2D eigenvalue weighted by atomic mass is 32.2. The van der Waals surface area contributed by atoms with Crippen LogP contribution in [0.2, 0.25) is 0 Å². The highest BCUT2D eigenvalue weighted by Crippen LogP contribution is 2.37. The van der Waals surface area contributed by atoms with Crippen LogP contribution in [0.5, 0.6) is 17.2 Å². The molecule has 0 aliphatic rings. The fourth-order valence-electron chi connectivity index (χ4n) is 3.71. The highest BCUT2D eigenvalue weighted by molar-refractivity contribution is 7.99. The SMILES string of the molecule is COc1cc(/C=N\NC(=O)CSc2nc3ccccc3n2Cc2ccc(C)cc2)cc(OC)c1OC. The number of methoxy groups -OCH3 is 3. The number of ether oxygens (including phenoxy) is 3. The summed E-state index contributed by atoms with van der Waals surface area (Å²) < 4.78 is 18.2. The predicted octanol–water partition coefficient (Wildman–Crippen LogP) is 4.66. The van der Waals surface area contributed by atoms with Crippen LogP contribution in [-0.4, -0.2) is 48.8 Å². The van der Waals surface area contributed by atoms with Gasteiger partial charge in [0.05, 0.1) is 50.9 Å². The predicted molar refractivity (Wildman–Crippen MR) is 143 cm³/mol. The van der Waals surface area contributed by atoms with Gasteiger partial charge in [-0.3, -0.25) is 4.79 Å². The number of amides is 1. The zero-order valence-corrected chi connectivity index (χ0v) is 21.5. The molecule has 8 nitrogen and oxygen atoms in total. The summed E-state index contributed by atoms with van der Waals surface area (Å²) >= 11 is 1.38. The zero-order chi connectivity index (χ0) is 25.5. The van der Waals surface area contributed by atoms with Gasteiger partial charge in [0.1, 0.15) is 0 Å². The number of aromatic nitrogens is 2. The Bertz CT molecular complexity index is 1360. The van der Waals surface area contributed by atoms with E-state index < -0.39 is 0 Å². The Hall–Kier alpha value is -3.98. The average Bonchev–Trinajstić information content (AvgIpc) is 3.25. The third-order valence-corrected chi connectivity index (χ3v) is 6.48. The Morgan fingerprint density at radius 3 is 2.39 bits per heavy atom. The third kappa shape index (κ3) is 5.80. The maximum atomic E-state index is 12.5. The molecule has 4 aromatic rings. The Labute approximate surface area is 214 Å². The van der Waals surface area contributed by atoms with Crippen LogP contribution in [0.4, 0.5) is 0 Å². The van der Waals surface area contributed by atoms with Gasteiger partial charge in [-0.25, -0.2) is 10.4 Å². The molecule has 0 saturated heterocycles. The second-order valence-electron chi connectivity index (χ2n) is 8.00. The lowest BCUT2D eigenvalue weighted by atomic mass is 10.1. The van der Waals surface area contributed by atoms with Gasteiger partial charge in [-0.1, -0.05) is 53.7 Å². The Balaban J connectivity index is 1.44. The number of aryl methyl sites for hydroxylation is 1. The van der Waals surface area contributed by atoms with E-state index in [1.165, 1.54) is 29.1 Å². The number of thioether (sulfide) groups is 1. The standard InChI is InChI=1S/C27H28N4O4S/c1-18-9-11-19(12-10-18)16-31-22-8-6-5-7-21(22)29-27(31)36-17-25(32)30-28-15-20-13-23(33-2)26(35-4)24(14-20)34-3/h5-15H,16-17H2,1-4H3,(H,30,32)/b28-15-. The molecule has 1 amide bonds. The first-order chi connectivity index (χ1) is 17.5. The molecular weight excluding hydrogens is 476 g/mol. The van der Waals surface area contributed by atoms with Crippen LogP contribution in [0.3, 0.4) is 0 Å². The van der Waals surface area contributed by atoms with Gasteiger partial charge in [0.15, 0.2) is 16.7 Å². The van der Waals surface area contributed by atoms with E-state index in [2.05, 4.69) is 46.3 Å². The number of nitrogens with one attached hydrogen (secondary N) is 1. The largest absolute Gasteiger partial charge is 0.493 e. The topological polar surface area (TPSA) is 87.0 Å². The van der Waals surface area contributed by atoms with E-state index in [0.717, 1.165) is 16.2 Å². The van der Waals surface area contributed by atoms with Gasteiger partial charge in [0.25, 0.3) is 5.91 Å². The van der Waals surface area contributed by atoms with Crippen molar-refractivity contribution in [1.82, 2.24) is 15.0 Å². The molecule has 1 heterocycles. The molecule has 4 rings (SSSR count). The molecule has 0 unspecified atom stereocenters. The molecule has 0 atom stereocenters. The molecule has 36 heavy (non-hydrogen) atoms. The normalized spacial score (nSPS) is 11.1. The average molecular weight is 505 g/mol. The number of hydrazone groups is 1. The third-order valence-electron chi connectivity index (χ3n) is 5.50. The van der Waals surface area contributed by atoms with Crippen molar-refractivity contribution in [1.29, 1.82) is 0 Å². The van der Waals surface area contributed by atoms with Crippen LogP contribution >= 0.6 is 11.8 Å². The molecule has 1 aromatic heterocycles. The Morgan fingerprint density at radius 1 is 1.03 bits per heavy atom. The number of para-hydroxylation sites is 2. The first-order valence-corrected chi connectivity index (χ1v) is 12.3. The van der Waals surface area contributed by atoms with E-state index >= 15 is 0 Å². The fourth-order valence-corrected chi connectivity index (χ4v) is 4.52. The van der Waals surface area contributed by atoms with Crippen molar-refractivity contribution in [3.8, 4) is 17.2 Å². The van der Waals surface area contributed by atoms with E-state index in [1.807, 2.05) is 24.3 Å². The molecule has 0 saturated carbocycles. The van der Waals surface area contributed by atoms with Gasteiger partial charge in [-0.2, -0.15) is 5.10 Å². The number of fused-ring (bicyclic) bond motifs is 1. The molecule has 0 fully saturated rings. The van der Waals surface area contributed by atoms with E-state index in [1.54, 1.807) is 33.5 Å². The molecule has 186 valence electrons. The summed E-state index contributed by atoms with van der Waals surface area (Å²) in [5.41, 5.74) is 7.58. The molecule has 0 aliphatic heterocycles. The van der Waals surface area contributed by atoms with Gasteiger partial charge in [-0.05, 0) is 36.8 Å². The maximum absolute atomic E-state index is 12.5. The van der Waals surface area contributed by atoms with Crippen molar-refractivity contribution in [2.45, 2.75) is 18.6 Å². The molecule has 3 aromatic carbocycles. The number of imidazole rings is 1. The minimum Gasteiger partial charge on any atom is -0.493 e. The summed E-state index contributed by atoms with van der Waals surface area (Å²) in [6.07, 6.45) is 1.53. The van der Waals surface area contributed by atoms with Crippen molar-refractivity contribution < 1.29 is 19.0 Å². The van der Waals surface area contributed by atoms with Crippen molar-refractivity contribution >= 4 is 34.9 Å². The second kappa shape index (κ2) is 11.6. The van der Waals surface area contributed by atoms with Gasteiger partial charge in [0.2, 0.25) is 5.75 Å². The summed E-state index contributed by atoms with van der Waals surface area (Å²) in [7, 11) is 4.63. The molecule has 0 radical (unpaired) electrons. The molecule has 1 N–H and O–H groups in total. The van der Waals surface area contributed by atoms with Crippen LogP contribution in [0.1, 0.15) is 16.7 Å². The van der Waals surface area contributed by atoms with Crippen LogP contribution < -0.4 is 19.6 Å². The van der Waals surface area contributed by atoms with Crippen LogP contribution in [-0.2, 0) is 11.3 Å². The first-order valence-electron chi connectivity index (χ1n) is 11.3. The molecule has 0 aliphatic carbocycles. The lowest BCUT2D eigenvalue weighted by molar-refractivity contribution is -0.118. The highest BCUT2D eigenvalue weighted by Gasteiger charge is 2.14. The second-order valence-corrected chi connectivity index (χ2v) is 8.94. The summed E-state index contributed by atoms with van der Waals surface area (Å²) in [5, 5.41) is 4.86. The van der Waals surface area contributed by atoms with Crippen molar-refractivity contribution in [2.75, 3.05) is 27.1 Å². The molecule has 9 heteroatoms. The molecular formula is C27H28N4O4S. The lowest BCUT2D eigenvalue weighted by Gasteiger charge is -2.12. The van der Waals surface area contributed by atoms with Gasteiger partial charge < -0.3 is 18.8 Å². The molecule has 0 bridgehead atoms. The van der Waals surface area contributed by atoms with Crippen molar-refractivity contribution in [2.24, 2.45) is 5.10 Å². The maximum Gasteiger partial charge on any atom is 0.250 e. The van der Waals surface area contributed by atoms with Crippen molar-refractivity contribution in [3.05, 3.63) is 77.4 Å². The summed E-state index contributed by atoms with van der Waals surface area (Å²) in [6, 6.07) is 19.9. The van der Waals surface area contributed by atoms with Crippen LogP contribution in [0.25, 0.3) is 11.0 Å². The fraction of sp³-hybridized carbons (Fsp3) is 0.222. The van der Waals surface area contributed by atoms with Crippen molar-refractivity contribution in [3.63, 3.8) is 0 Å². The van der Waals surface area contributed by atoms with Crippen LogP contribution in [0.15, 0.2) is 70.9 Å². The quantitative estimate of drug-likeness (QED) is 0.192. The summed E-state index contributed by atoms with van der Waals surface area (Å²) in [4.78, 5) is 17.3. The number of benzene rings is 3. The van der Waals surface area contributed by atoms with Gasteiger partial charge >= 0.3 is 0 Å². The van der Waals surface area contributed by atoms with Gasteiger partial charge in [-0.15, -0.1) is 0 Å². The number of hydrogen-bond acceptors (Lipinski definition) is 7. The van der Waals surface area contributed by atoms with Crippen LogP contribution in [0, 0.1) is 6.92 Å². The number of nitrogens with zero attached hydrogens (tertiary/aromatic N) is 3. The number of rotatable bonds is 10. The number of carbonyl (C=O) groups is 1. The van der Waals surface area contributed by atoms with E-state index in [9.17, 15) is 4.79 Å². The summed E-state index contributed by atoms with van der Waals surface area (Å²) in [5.74, 6) is 1.44. The summed E-state index contributed by atoms with van der Waals surface area (Å²) in [6.45, 7) is 2.74. The van der Waals surface area contributed by atoms with E-state index in [0.29, 0.717) is 29.4 Å². The zero-order valence-electron chi connectivity index (χ0n) is 20.6. The first kappa shape index (κ1) is 25.1. The number of hydrogen-bond donors (Lipinski definition) is 1. The minimum atomic E-state index is -0.238. The van der Waals surface area contributed by atoms with E-state index in [4.69, 9.17) is 19.2 Å². The molecule has 0 spiro atoms. The minimum absolute atomic E-state index is 0.170. The monoisotopic (exact) mass is 504 g/mol. The number of carbonyl (C=O) groups excluding carboxylic acids is 1. The van der Waals surface area contributed by atoms with E-state index in [-0.39, 0.29) is 11.7 Å². The smallest absolute Gasteiger partial charge is 0.250 e. The lowest BCUT2D eigenvalue weighted by Crippen LogP contribution is -2.20. The Kier molecular flexibility index (Phi) is 8.12. The van der Waals surface area contributed by atoms with Gasteiger partial charge in [0, 0.05) is 5.56 Å². The Morgan fingerprint density at radius 2 is 1.72 bits per heavy atom.